The average molecular weight is 476 g/mol. The lowest BCUT2D eigenvalue weighted by Crippen LogP contribution is -2.30. The first-order chi connectivity index (χ1) is 16.0. The van der Waals surface area contributed by atoms with Gasteiger partial charge in [0.25, 0.3) is 11.8 Å². The van der Waals surface area contributed by atoms with Gasteiger partial charge in [-0.15, -0.1) is 0 Å². The standard InChI is InChI=1S/C26H19Cl2N3O2/c27-22-7-3-2-6-21(22)25(32)29-19-11-9-17(10-12-19)26(33)31-16-20-13-14-24(28)30(20)15-18-5-1-4-8-23(18)31/h1-14H,15-16H2,(H,29,32). The van der Waals surface area contributed by atoms with Crippen molar-refractivity contribution in [3.63, 3.8) is 0 Å². The molecule has 33 heavy (non-hydrogen) atoms. The zero-order valence-electron chi connectivity index (χ0n) is 17.5. The number of halogens is 2. The summed E-state index contributed by atoms with van der Waals surface area (Å²) in [5, 5.41) is 3.85. The summed E-state index contributed by atoms with van der Waals surface area (Å²) in [6.45, 7) is 1.02. The number of aromatic nitrogens is 1. The molecule has 1 N–H and O–H groups in total. The summed E-state index contributed by atoms with van der Waals surface area (Å²) in [6.07, 6.45) is 0. The van der Waals surface area contributed by atoms with Gasteiger partial charge in [-0.1, -0.05) is 53.5 Å². The van der Waals surface area contributed by atoms with E-state index >= 15 is 0 Å². The van der Waals surface area contributed by atoms with Crippen LogP contribution >= 0.6 is 23.2 Å². The Bertz CT molecular complexity index is 1360. The maximum Gasteiger partial charge on any atom is 0.258 e. The van der Waals surface area contributed by atoms with Crippen molar-refractivity contribution in [1.82, 2.24) is 4.57 Å². The Balaban J connectivity index is 1.40. The van der Waals surface area contributed by atoms with Gasteiger partial charge in [0, 0.05) is 22.6 Å². The van der Waals surface area contributed by atoms with Gasteiger partial charge in [0.1, 0.15) is 5.15 Å². The monoisotopic (exact) mass is 475 g/mol. The Kier molecular flexibility index (Phi) is 5.67. The zero-order chi connectivity index (χ0) is 22.9. The highest BCUT2D eigenvalue weighted by Gasteiger charge is 2.25. The molecule has 2 amide bonds. The summed E-state index contributed by atoms with van der Waals surface area (Å²) < 4.78 is 2.01. The SMILES string of the molecule is O=C(Nc1ccc(C(=O)N2Cc3ccc(Cl)n3Cc3ccccc32)cc1)c1ccccc1Cl. The number of amides is 2. The second-order valence-corrected chi connectivity index (χ2v) is 8.56. The number of rotatable bonds is 3. The van der Waals surface area contributed by atoms with Crippen LogP contribution in [0.3, 0.4) is 0 Å². The molecule has 5 nitrogen and oxygen atoms in total. The van der Waals surface area contributed by atoms with Crippen molar-refractivity contribution in [3.8, 4) is 0 Å². The van der Waals surface area contributed by atoms with Gasteiger partial charge in [0.05, 0.1) is 23.7 Å². The van der Waals surface area contributed by atoms with Crippen LogP contribution in [-0.2, 0) is 13.1 Å². The van der Waals surface area contributed by atoms with E-state index in [0.717, 1.165) is 16.9 Å². The molecule has 0 saturated carbocycles. The molecule has 2 heterocycles. The van der Waals surface area contributed by atoms with E-state index in [9.17, 15) is 9.59 Å². The van der Waals surface area contributed by atoms with E-state index in [0.29, 0.717) is 40.1 Å². The molecule has 1 aliphatic heterocycles. The van der Waals surface area contributed by atoms with Gasteiger partial charge in [0.2, 0.25) is 0 Å². The lowest BCUT2D eigenvalue weighted by atomic mass is 10.1. The first-order valence-corrected chi connectivity index (χ1v) is 11.2. The molecule has 0 unspecified atom stereocenters. The van der Waals surface area contributed by atoms with Crippen LogP contribution in [0.1, 0.15) is 32.0 Å². The van der Waals surface area contributed by atoms with Gasteiger partial charge >= 0.3 is 0 Å². The summed E-state index contributed by atoms with van der Waals surface area (Å²) in [5.41, 5.74) is 4.33. The smallest absolute Gasteiger partial charge is 0.258 e. The second kappa shape index (κ2) is 8.77. The van der Waals surface area contributed by atoms with Gasteiger partial charge in [-0.05, 0) is 60.2 Å². The third-order valence-corrected chi connectivity index (χ3v) is 6.36. The lowest BCUT2D eigenvalue weighted by Gasteiger charge is -2.23. The molecule has 1 aliphatic rings. The number of para-hydroxylation sites is 1. The number of anilines is 2. The van der Waals surface area contributed by atoms with Crippen molar-refractivity contribution in [2.75, 3.05) is 10.2 Å². The Morgan fingerprint density at radius 1 is 0.788 bits per heavy atom. The molecule has 0 atom stereocenters. The third-order valence-electron chi connectivity index (χ3n) is 5.70. The average Bonchev–Trinajstić information content (AvgIpc) is 3.07. The summed E-state index contributed by atoms with van der Waals surface area (Å²) >= 11 is 12.5. The minimum atomic E-state index is -0.307. The van der Waals surface area contributed by atoms with Crippen LogP contribution in [0.25, 0.3) is 0 Å². The van der Waals surface area contributed by atoms with Crippen molar-refractivity contribution in [1.29, 1.82) is 0 Å². The van der Waals surface area contributed by atoms with E-state index in [1.54, 1.807) is 53.4 Å². The van der Waals surface area contributed by atoms with Crippen molar-refractivity contribution in [2.45, 2.75) is 13.1 Å². The van der Waals surface area contributed by atoms with Gasteiger partial charge in [0.15, 0.2) is 0 Å². The van der Waals surface area contributed by atoms with Crippen molar-refractivity contribution in [3.05, 3.63) is 117 Å². The lowest BCUT2D eigenvalue weighted by molar-refractivity contribution is 0.0983. The number of nitrogens with one attached hydrogen (secondary N) is 1. The predicted molar refractivity (Wildman–Crippen MR) is 131 cm³/mol. The van der Waals surface area contributed by atoms with Crippen LogP contribution in [0.15, 0.2) is 84.9 Å². The van der Waals surface area contributed by atoms with Crippen molar-refractivity contribution >= 4 is 46.4 Å². The molecular formula is C26H19Cl2N3O2. The molecule has 1 aromatic heterocycles. The van der Waals surface area contributed by atoms with Gasteiger partial charge in [-0.2, -0.15) is 0 Å². The fourth-order valence-electron chi connectivity index (χ4n) is 4.00. The Morgan fingerprint density at radius 3 is 2.30 bits per heavy atom. The highest BCUT2D eigenvalue weighted by atomic mass is 35.5. The normalized spacial score (nSPS) is 12.5. The topological polar surface area (TPSA) is 54.3 Å². The minimum absolute atomic E-state index is 0.128. The number of benzene rings is 3. The summed E-state index contributed by atoms with van der Waals surface area (Å²) in [7, 11) is 0. The number of hydrogen-bond donors (Lipinski definition) is 1. The second-order valence-electron chi connectivity index (χ2n) is 7.76. The van der Waals surface area contributed by atoms with E-state index in [-0.39, 0.29) is 11.8 Å². The van der Waals surface area contributed by atoms with Crippen LogP contribution in [-0.4, -0.2) is 16.4 Å². The van der Waals surface area contributed by atoms with E-state index < -0.39 is 0 Å². The summed E-state index contributed by atoms with van der Waals surface area (Å²) in [4.78, 5) is 27.8. The number of carbonyl (C=O) groups excluding carboxylic acids is 2. The predicted octanol–water partition coefficient (Wildman–Crippen LogP) is 6.26. The van der Waals surface area contributed by atoms with Crippen LogP contribution in [0.2, 0.25) is 10.2 Å². The van der Waals surface area contributed by atoms with Crippen LogP contribution in [0.5, 0.6) is 0 Å². The minimum Gasteiger partial charge on any atom is -0.330 e. The first kappa shape index (κ1) is 21.3. The fourth-order valence-corrected chi connectivity index (χ4v) is 4.45. The van der Waals surface area contributed by atoms with E-state index in [2.05, 4.69) is 5.32 Å². The highest BCUT2D eigenvalue weighted by molar-refractivity contribution is 6.34. The van der Waals surface area contributed by atoms with Gasteiger partial charge < -0.3 is 14.8 Å². The van der Waals surface area contributed by atoms with E-state index in [1.165, 1.54) is 0 Å². The first-order valence-electron chi connectivity index (χ1n) is 10.4. The molecule has 4 aromatic rings. The molecule has 0 aliphatic carbocycles. The Labute approximate surface area is 201 Å². The van der Waals surface area contributed by atoms with Gasteiger partial charge in [-0.3, -0.25) is 9.59 Å². The molecule has 0 saturated heterocycles. The largest absolute Gasteiger partial charge is 0.330 e. The number of nitrogens with zero attached hydrogens (tertiary/aromatic N) is 2. The molecule has 164 valence electrons. The van der Waals surface area contributed by atoms with Crippen LogP contribution < -0.4 is 10.2 Å². The number of hydrogen-bond acceptors (Lipinski definition) is 2. The molecule has 0 fully saturated rings. The zero-order valence-corrected chi connectivity index (χ0v) is 19.0. The fraction of sp³-hybridized carbons (Fsp3) is 0.0769. The van der Waals surface area contributed by atoms with Crippen LogP contribution in [0.4, 0.5) is 11.4 Å². The molecule has 3 aromatic carbocycles. The third kappa shape index (κ3) is 4.13. The number of carbonyl (C=O) groups is 2. The summed E-state index contributed by atoms with van der Waals surface area (Å²) in [6, 6.07) is 25.3. The maximum absolute atomic E-state index is 13.5. The van der Waals surface area contributed by atoms with Crippen molar-refractivity contribution < 1.29 is 9.59 Å². The Morgan fingerprint density at radius 2 is 1.52 bits per heavy atom. The summed E-state index contributed by atoms with van der Waals surface area (Å²) in [5.74, 6) is -0.434. The van der Waals surface area contributed by atoms with E-state index in [4.69, 9.17) is 23.2 Å². The molecule has 0 bridgehead atoms. The van der Waals surface area contributed by atoms with Gasteiger partial charge in [-0.25, -0.2) is 0 Å². The molecule has 5 rings (SSSR count). The molecule has 0 radical (unpaired) electrons. The van der Waals surface area contributed by atoms with E-state index in [1.807, 2.05) is 41.0 Å². The molecule has 7 heteroatoms. The maximum atomic E-state index is 13.5. The number of fused-ring (bicyclic) bond motifs is 2. The highest BCUT2D eigenvalue weighted by Crippen LogP contribution is 2.31. The van der Waals surface area contributed by atoms with Crippen molar-refractivity contribution in [2.24, 2.45) is 0 Å². The molecular weight excluding hydrogens is 457 g/mol. The van der Waals surface area contributed by atoms with Crippen LogP contribution in [0, 0.1) is 0 Å². The molecule has 0 spiro atoms. The quantitative estimate of drug-likeness (QED) is 0.380. The Hall–Kier alpha value is -3.54.